The summed E-state index contributed by atoms with van der Waals surface area (Å²) in [7, 11) is 0. The third-order valence-corrected chi connectivity index (χ3v) is 1.75. The minimum atomic E-state index is -0.671. The normalized spacial score (nSPS) is 29.7. The largest absolute Gasteiger partial charge is 0.366 e. The molecule has 1 aliphatic carbocycles. The molecule has 1 rings (SSSR count). The van der Waals surface area contributed by atoms with Crippen molar-refractivity contribution in [3.05, 3.63) is 23.3 Å². The molecule has 3 heteroatoms. The van der Waals surface area contributed by atoms with Crippen LogP contribution >= 0.6 is 0 Å². The van der Waals surface area contributed by atoms with E-state index < -0.39 is 11.4 Å². The van der Waals surface area contributed by atoms with Gasteiger partial charge in [-0.15, -0.1) is 0 Å². The van der Waals surface area contributed by atoms with Gasteiger partial charge in [0, 0.05) is 5.57 Å². The van der Waals surface area contributed by atoms with E-state index in [-0.39, 0.29) is 0 Å². The lowest BCUT2D eigenvalue weighted by Gasteiger charge is -2.17. The van der Waals surface area contributed by atoms with Crippen LogP contribution in [0.25, 0.3) is 0 Å². The maximum absolute atomic E-state index is 10.8. The monoisotopic (exact) mass is 152 g/mol. The highest BCUT2D eigenvalue weighted by Crippen LogP contribution is 2.24. The van der Waals surface area contributed by atoms with Gasteiger partial charge in [0.2, 0.25) is 5.91 Å². The highest BCUT2D eigenvalue weighted by Gasteiger charge is 2.29. The second kappa shape index (κ2) is 2.20. The molecular formula is C8H12N2O. The average molecular weight is 152 g/mol. The van der Waals surface area contributed by atoms with Gasteiger partial charge in [-0.1, -0.05) is 11.6 Å². The molecule has 0 saturated heterocycles. The molecule has 0 aromatic carbocycles. The first-order valence-electron chi connectivity index (χ1n) is 3.44. The fourth-order valence-electron chi connectivity index (χ4n) is 1.31. The van der Waals surface area contributed by atoms with Crippen molar-refractivity contribution >= 4 is 5.91 Å². The SMILES string of the molecule is CC1=CC(C)(N)C(C(N)=O)=C1. The topological polar surface area (TPSA) is 69.1 Å². The highest BCUT2D eigenvalue weighted by atomic mass is 16.1. The number of primary amides is 1. The lowest BCUT2D eigenvalue weighted by Crippen LogP contribution is -2.39. The number of hydrogen-bond acceptors (Lipinski definition) is 2. The lowest BCUT2D eigenvalue weighted by atomic mass is 9.96. The Morgan fingerprint density at radius 3 is 2.36 bits per heavy atom. The maximum atomic E-state index is 10.8. The minimum absolute atomic E-state index is 0.442. The number of nitrogens with two attached hydrogens (primary N) is 2. The third-order valence-electron chi connectivity index (χ3n) is 1.75. The lowest BCUT2D eigenvalue weighted by molar-refractivity contribution is -0.114. The van der Waals surface area contributed by atoms with Crippen molar-refractivity contribution in [1.82, 2.24) is 0 Å². The molecule has 0 aliphatic heterocycles. The van der Waals surface area contributed by atoms with Crippen molar-refractivity contribution in [2.24, 2.45) is 11.5 Å². The average Bonchev–Trinajstić information content (AvgIpc) is 2.04. The number of amides is 1. The van der Waals surface area contributed by atoms with Crippen molar-refractivity contribution in [2.75, 3.05) is 0 Å². The van der Waals surface area contributed by atoms with E-state index in [4.69, 9.17) is 11.5 Å². The van der Waals surface area contributed by atoms with Crippen LogP contribution in [0.1, 0.15) is 13.8 Å². The molecule has 0 aromatic rings. The third kappa shape index (κ3) is 1.33. The molecule has 11 heavy (non-hydrogen) atoms. The summed E-state index contributed by atoms with van der Waals surface area (Å²) in [5, 5.41) is 0. The van der Waals surface area contributed by atoms with Gasteiger partial charge in [-0.3, -0.25) is 4.79 Å². The molecule has 0 heterocycles. The number of hydrogen-bond donors (Lipinski definition) is 2. The summed E-state index contributed by atoms with van der Waals surface area (Å²) in [5.74, 6) is -0.442. The summed E-state index contributed by atoms with van der Waals surface area (Å²) in [4.78, 5) is 10.8. The van der Waals surface area contributed by atoms with Gasteiger partial charge in [0.1, 0.15) is 0 Å². The first-order valence-corrected chi connectivity index (χ1v) is 3.44. The van der Waals surface area contributed by atoms with E-state index in [1.807, 2.05) is 13.0 Å². The molecule has 0 spiro atoms. The summed E-state index contributed by atoms with van der Waals surface area (Å²) in [6.45, 7) is 3.65. The molecule has 1 amide bonds. The van der Waals surface area contributed by atoms with Crippen molar-refractivity contribution in [3.63, 3.8) is 0 Å². The van der Waals surface area contributed by atoms with E-state index in [0.717, 1.165) is 5.57 Å². The van der Waals surface area contributed by atoms with Crippen LogP contribution in [0.5, 0.6) is 0 Å². The molecule has 4 N–H and O–H groups in total. The summed E-state index contributed by atoms with van der Waals surface area (Å²) in [6, 6.07) is 0. The Morgan fingerprint density at radius 1 is 1.64 bits per heavy atom. The van der Waals surface area contributed by atoms with Crippen LogP contribution in [0.3, 0.4) is 0 Å². The Morgan fingerprint density at radius 2 is 2.18 bits per heavy atom. The van der Waals surface area contributed by atoms with E-state index >= 15 is 0 Å². The standard InChI is InChI=1S/C8H12N2O/c1-5-3-6(7(9)11)8(2,10)4-5/h3-4H,10H2,1-2H3,(H2,9,11). The molecule has 0 bridgehead atoms. The van der Waals surface area contributed by atoms with Crippen molar-refractivity contribution in [3.8, 4) is 0 Å². The molecule has 0 aromatic heterocycles. The minimum Gasteiger partial charge on any atom is -0.366 e. The van der Waals surface area contributed by atoms with Crippen LogP contribution in [0.2, 0.25) is 0 Å². The van der Waals surface area contributed by atoms with Crippen molar-refractivity contribution in [1.29, 1.82) is 0 Å². The second-order valence-electron chi connectivity index (χ2n) is 3.09. The van der Waals surface area contributed by atoms with Gasteiger partial charge in [0.05, 0.1) is 5.54 Å². The van der Waals surface area contributed by atoms with Gasteiger partial charge >= 0.3 is 0 Å². The van der Waals surface area contributed by atoms with Crippen LogP contribution < -0.4 is 11.5 Å². The molecule has 1 aliphatic rings. The maximum Gasteiger partial charge on any atom is 0.246 e. The van der Waals surface area contributed by atoms with Crippen LogP contribution in [0.15, 0.2) is 23.3 Å². The van der Waals surface area contributed by atoms with E-state index in [2.05, 4.69) is 0 Å². The number of carbonyl (C=O) groups is 1. The molecule has 0 radical (unpaired) electrons. The van der Waals surface area contributed by atoms with Crippen molar-refractivity contribution in [2.45, 2.75) is 19.4 Å². The first kappa shape index (κ1) is 8.01. The fraction of sp³-hybridized carbons (Fsp3) is 0.375. The molecular weight excluding hydrogens is 140 g/mol. The molecule has 1 atom stereocenters. The molecule has 1 unspecified atom stereocenters. The van der Waals surface area contributed by atoms with Crippen LogP contribution in [0, 0.1) is 0 Å². The number of allylic oxidation sites excluding steroid dienone is 2. The zero-order chi connectivity index (χ0) is 8.65. The van der Waals surface area contributed by atoms with Gasteiger partial charge in [-0.2, -0.15) is 0 Å². The molecule has 0 saturated carbocycles. The zero-order valence-corrected chi connectivity index (χ0v) is 6.72. The molecule has 3 nitrogen and oxygen atoms in total. The summed E-state index contributed by atoms with van der Waals surface area (Å²) >= 11 is 0. The van der Waals surface area contributed by atoms with Gasteiger partial charge in [-0.05, 0) is 19.9 Å². The van der Waals surface area contributed by atoms with Crippen molar-refractivity contribution < 1.29 is 4.79 Å². The molecule has 60 valence electrons. The smallest absolute Gasteiger partial charge is 0.246 e. The Balaban J connectivity index is 3.04. The Hall–Kier alpha value is -1.09. The first-order chi connectivity index (χ1) is 4.93. The zero-order valence-electron chi connectivity index (χ0n) is 6.72. The second-order valence-corrected chi connectivity index (χ2v) is 3.09. The van der Waals surface area contributed by atoms with Crippen LogP contribution in [-0.4, -0.2) is 11.4 Å². The highest BCUT2D eigenvalue weighted by molar-refractivity contribution is 5.96. The predicted molar refractivity (Wildman–Crippen MR) is 43.6 cm³/mol. The van der Waals surface area contributed by atoms with E-state index in [1.165, 1.54) is 0 Å². The van der Waals surface area contributed by atoms with Crippen LogP contribution in [-0.2, 0) is 4.79 Å². The number of carbonyl (C=O) groups excluding carboxylic acids is 1. The molecule has 0 fully saturated rings. The summed E-state index contributed by atoms with van der Waals surface area (Å²) < 4.78 is 0. The summed E-state index contributed by atoms with van der Waals surface area (Å²) in [6.07, 6.45) is 3.55. The Bertz CT molecular complexity index is 261. The van der Waals surface area contributed by atoms with E-state index in [1.54, 1.807) is 13.0 Å². The quantitative estimate of drug-likeness (QED) is 0.558. The van der Waals surface area contributed by atoms with Crippen LogP contribution in [0.4, 0.5) is 0 Å². The Kier molecular flexibility index (Phi) is 1.60. The summed E-state index contributed by atoms with van der Waals surface area (Å²) in [5.41, 5.74) is 11.7. The number of rotatable bonds is 1. The van der Waals surface area contributed by atoms with Gasteiger partial charge in [0.15, 0.2) is 0 Å². The van der Waals surface area contributed by atoms with Gasteiger partial charge in [0.25, 0.3) is 0 Å². The van der Waals surface area contributed by atoms with Gasteiger partial charge < -0.3 is 11.5 Å². The fourth-order valence-corrected chi connectivity index (χ4v) is 1.31. The van der Waals surface area contributed by atoms with E-state index in [0.29, 0.717) is 5.57 Å². The van der Waals surface area contributed by atoms with Gasteiger partial charge in [-0.25, -0.2) is 0 Å². The Labute approximate surface area is 65.8 Å². The van der Waals surface area contributed by atoms with E-state index in [9.17, 15) is 4.79 Å². The predicted octanol–water partition coefficient (Wildman–Crippen LogP) is 0.0754.